The molecule has 12 heavy (non-hydrogen) atoms. The highest BCUT2D eigenvalue weighted by Crippen LogP contribution is 2.01. The lowest BCUT2D eigenvalue weighted by molar-refractivity contribution is 0.253. The molecule has 1 heteroatoms. The Morgan fingerprint density at radius 1 is 1.42 bits per heavy atom. The molecular formula is C11H12O. The molecule has 0 aliphatic heterocycles. The summed E-state index contributed by atoms with van der Waals surface area (Å²) in [5, 5.41) is 8.91. The van der Waals surface area contributed by atoms with E-state index in [0.717, 1.165) is 5.56 Å². The van der Waals surface area contributed by atoms with Crippen LogP contribution >= 0.6 is 0 Å². The van der Waals surface area contributed by atoms with Crippen molar-refractivity contribution >= 4 is 0 Å². The third kappa shape index (κ3) is 2.77. The van der Waals surface area contributed by atoms with Crippen molar-refractivity contribution in [1.29, 1.82) is 0 Å². The Labute approximate surface area is 73.0 Å². The molecule has 0 saturated heterocycles. The van der Waals surface area contributed by atoms with Crippen LogP contribution in [0, 0.1) is 18.8 Å². The smallest absolute Gasteiger partial charge is 0.112 e. The van der Waals surface area contributed by atoms with E-state index in [0.29, 0.717) is 0 Å². The van der Waals surface area contributed by atoms with Crippen LogP contribution in [0.1, 0.15) is 18.1 Å². The van der Waals surface area contributed by atoms with Crippen LogP contribution in [0.2, 0.25) is 0 Å². The molecular weight excluding hydrogens is 148 g/mol. The molecule has 1 rings (SSSR count). The summed E-state index contributed by atoms with van der Waals surface area (Å²) < 4.78 is 0. The van der Waals surface area contributed by atoms with Gasteiger partial charge in [0, 0.05) is 5.56 Å². The maximum Gasteiger partial charge on any atom is 0.112 e. The molecule has 0 aromatic heterocycles. The molecule has 1 N–H and O–H groups in total. The molecule has 0 bridgehead atoms. The van der Waals surface area contributed by atoms with Gasteiger partial charge in [0.2, 0.25) is 0 Å². The lowest BCUT2D eigenvalue weighted by Crippen LogP contribution is -1.92. The summed E-state index contributed by atoms with van der Waals surface area (Å²) in [6.07, 6.45) is -0.550. The van der Waals surface area contributed by atoms with Crippen molar-refractivity contribution in [3.8, 4) is 11.8 Å². The first-order valence-corrected chi connectivity index (χ1v) is 3.95. The molecule has 0 amide bonds. The van der Waals surface area contributed by atoms with Crippen molar-refractivity contribution in [2.45, 2.75) is 20.0 Å². The number of aliphatic hydroxyl groups is 1. The predicted molar refractivity (Wildman–Crippen MR) is 49.7 cm³/mol. The first-order valence-electron chi connectivity index (χ1n) is 3.95. The van der Waals surface area contributed by atoms with Gasteiger partial charge in [0.1, 0.15) is 6.10 Å². The summed E-state index contributed by atoms with van der Waals surface area (Å²) in [5.41, 5.74) is 2.14. The van der Waals surface area contributed by atoms with Crippen LogP contribution in [0.25, 0.3) is 0 Å². The van der Waals surface area contributed by atoms with E-state index in [1.807, 2.05) is 31.2 Å². The van der Waals surface area contributed by atoms with E-state index in [2.05, 4.69) is 11.8 Å². The molecule has 1 nitrogen and oxygen atoms in total. The molecule has 0 unspecified atom stereocenters. The molecule has 0 heterocycles. The van der Waals surface area contributed by atoms with Crippen LogP contribution in [0.15, 0.2) is 24.3 Å². The van der Waals surface area contributed by atoms with Gasteiger partial charge in [-0.1, -0.05) is 24.0 Å². The fourth-order valence-electron chi connectivity index (χ4n) is 0.911. The third-order valence-corrected chi connectivity index (χ3v) is 1.44. The quantitative estimate of drug-likeness (QED) is 0.573. The van der Waals surface area contributed by atoms with Crippen LogP contribution in [0.4, 0.5) is 0 Å². The van der Waals surface area contributed by atoms with Gasteiger partial charge in [-0.25, -0.2) is 0 Å². The normalized spacial score (nSPS) is 11.6. The third-order valence-electron chi connectivity index (χ3n) is 1.44. The van der Waals surface area contributed by atoms with E-state index < -0.39 is 6.10 Å². The standard InChI is InChI=1S/C11H12O/c1-9-4-3-5-11(8-9)7-6-10(2)12/h3-5,8,10,12H,1-2H3/t10-/m1/s1. The SMILES string of the molecule is Cc1cccc(C#C[C@@H](C)O)c1. The Morgan fingerprint density at radius 2 is 2.17 bits per heavy atom. The number of hydrogen-bond donors (Lipinski definition) is 1. The zero-order valence-corrected chi connectivity index (χ0v) is 7.33. The van der Waals surface area contributed by atoms with Crippen molar-refractivity contribution in [2.75, 3.05) is 0 Å². The van der Waals surface area contributed by atoms with Gasteiger partial charge in [-0.15, -0.1) is 0 Å². The summed E-state index contributed by atoms with van der Waals surface area (Å²) >= 11 is 0. The number of rotatable bonds is 0. The Kier molecular flexibility index (Phi) is 2.90. The van der Waals surface area contributed by atoms with E-state index in [1.54, 1.807) is 6.92 Å². The van der Waals surface area contributed by atoms with Crippen LogP contribution in [0.3, 0.4) is 0 Å². The minimum Gasteiger partial charge on any atom is -0.381 e. The topological polar surface area (TPSA) is 20.2 Å². The average molecular weight is 160 g/mol. The van der Waals surface area contributed by atoms with E-state index in [-0.39, 0.29) is 0 Å². The van der Waals surface area contributed by atoms with Gasteiger partial charge in [-0.05, 0) is 31.5 Å². The van der Waals surface area contributed by atoms with Gasteiger partial charge in [-0.3, -0.25) is 0 Å². The van der Waals surface area contributed by atoms with Gasteiger partial charge in [0.25, 0.3) is 0 Å². The lowest BCUT2D eigenvalue weighted by Gasteiger charge is -1.92. The van der Waals surface area contributed by atoms with Crippen molar-refractivity contribution in [1.82, 2.24) is 0 Å². The molecule has 1 aromatic rings. The first-order chi connectivity index (χ1) is 5.68. The molecule has 62 valence electrons. The minimum absolute atomic E-state index is 0.550. The monoisotopic (exact) mass is 160 g/mol. The van der Waals surface area contributed by atoms with Crippen LogP contribution in [-0.2, 0) is 0 Å². The van der Waals surface area contributed by atoms with Crippen molar-refractivity contribution < 1.29 is 5.11 Å². The zero-order chi connectivity index (χ0) is 8.97. The van der Waals surface area contributed by atoms with Gasteiger partial charge >= 0.3 is 0 Å². The van der Waals surface area contributed by atoms with E-state index >= 15 is 0 Å². The fourth-order valence-corrected chi connectivity index (χ4v) is 0.911. The van der Waals surface area contributed by atoms with Crippen LogP contribution in [-0.4, -0.2) is 11.2 Å². The minimum atomic E-state index is -0.550. The summed E-state index contributed by atoms with van der Waals surface area (Å²) in [4.78, 5) is 0. The van der Waals surface area contributed by atoms with E-state index in [9.17, 15) is 0 Å². The maximum absolute atomic E-state index is 8.91. The molecule has 0 radical (unpaired) electrons. The highest BCUT2D eigenvalue weighted by Gasteiger charge is 1.87. The molecule has 0 fully saturated rings. The maximum atomic E-state index is 8.91. The molecule has 1 aromatic carbocycles. The van der Waals surface area contributed by atoms with Gasteiger partial charge in [0.15, 0.2) is 0 Å². The van der Waals surface area contributed by atoms with Gasteiger partial charge in [0.05, 0.1) is 0 Å². The number of aryl methyl sites for hydroxylation is 1. The number of benzene rings is 1. The van der Waals surface area contributed by atoms with Crippen LogP contribution < -0.4 is 0 Å². The number of hydrogen-bond acceptors (Lipinski definition) is 1. The van der Waals surface area contributed by atoms with Crippen LogP contribution in [0.5, 0.6) is 0 Å². The fraction of sp³-hybridized carbons (Fsp3) is 0.273. The van der Waals surface area contributed by atoms with E-state index in [1.165, 1.54) is 5.56 Å². The Balaban J connectivity index is 2.85. The molecule has 0 aliphatic rings. The first kappa shape index (κ1) is 8.83. The molecule has 0 saturated carbocycles. The Bertz CT molecular complexity index is 315. The summed E-state index contributed by atoms with van der Waals surface area (Å²) in [6, 6.07) is 7.91. The summed E-state index contributed by atoms with van der Waals surface area (Å²) in [7, 11) is 0. The van der Waals surface area contributed by atoms with E-state index in [4.69, 9.17) is 5.11 Å². The van der Waals surface area contributed by atoms with Gasteiger partial charge in [-0.2, -0.15) is 0 Å². The second-order valence-corrected chi connectivity index (χ2v) is 2.81. The van der Waals surface area contributed by atoms with Gasteiger partial charge < -0.3 is 5.11 Å². The Hall–Kier alpha value is -1.26. The van der Waals surface area contributed by atoms with Crippen molar-refractivity contribution in [3.63, 3.8) is 0 Å². The average Bonchev–Trinajstić information content (AvgIpc) is 2.01. The highest BCUT2D eigenvalue weighted by molar-refractivity contribution is 5.37. The Morgan fingerprint density at radius 3 is 2.75 bits per heavy atom. The predicted octanol–water partition coefficient (Wildman–Crippen LogP) is 1.73. The summed E-state index contributed by atoms with van der Waals surface area (Å²) in [6.45, 7) is 3.68. The number of aliphatic hydroxyl groups excluding tert-OH is 1. The lowest BCUT2D eigenvalue weighted by atomic mass is 10.1. The molecule has 0 aliphatic carbocycles. The highest BCUT2D eigenvalue weighted by atomic mass is 16.3. The zero-order valence-electron chi connectivity index (χ0n) is 7.33. The molecule has 0 spiro atoms. The van der Waals surface area contributed by atoms with Crippen molar-refractivity contribution in [3.05, 3.63) is 35.4 Å². The second-order valence-electron chi connectivity index (χ2n) is 2.81. The second kappa shape index (κ2) is 3.94. The molecule has 1 atom stereocenters. The largest absolute Gasteiger partial charge is 0.381 e. The summed E-state index contributed by atoms with van der Waals surface area (Å²) in [5.74, 6) is 5.58. The van der Waals surface area contributed by atoms with Crippen molar-refractivity contribution in [2.24, 2.45) is 0 Å².